The number of aliphatic imine (C=N–C) groups is 1. The van der Waals surface area contributed by atoms with Gasteiger partial charge >= 0.3 is 12.2 Å². The van der Waals surface area contributed by atoms with Gasteiger partial charge in [-0.1, -0.05) is 39.5 Å². The molecule has 6 heterocycles. The fraction of sp³-hybridized carbons (Fsp3) is 0.556. The van der Waals surface area contributed by atoms with Crippen molar-refractivity contribution in [3.05, 3.63) is 27.7 Å². The van der Waals surface area contributed by atoms with Crippen molar-refractivity contribution in [2.45, 2.75) is 89.0 Å². The number of imidazole rings is 1. The highest BCUT2D eigenvalue weighted by Crippen LogP contribution is 2.37. The number of alkyl carbamates (subject to hydrolysis) is 2. The van der Waals surface area contributed by atoms with Crippen molar-refractivity contribution in [3.63, 3.8) is 0 Å². The first-order valence-electron chi connectivity index (χ1n) is 17.5. The fourth-order valence-corrected chi connectivity index (χ4v) is 8.83. The summed E-state index contributed by atoms with van der Waals surface area (Å²) in [5.74, 6) is 13.2. The van der Waals surface area contributed by atoms with E-state index < -0.39 is 24.3 Å². The van der Waals surface area contributed by atoms with Crippen molar-refractivity contribution >= 4 is 63.3 Å². The van der Waals surface area contributed by atoms with Crippen LogP contribution in [0, 0.1) is 35.5 Å². The molecule has 0 aliphatic carbocycles. The number of thiophene rings is 1. The van der Waals surface area contributed by atoms with Crippen LogP contribution in [0.15, 0.2) is 22.0 Å². The zero-order valence-electron chi connectivity index (χ0n) is 30.1. The summed E-state index contributed by atoms with van der Waals surface area (Å²) in [4.78, 5) is 69.9. The van der Waals surface area contributed by atoms with Gasteiger partial charge in [0, 0.05) is 13.1 Å². The molecule has 0 radical (unpaired) electrons. The monoisotopic (exact) mass is 748 g/mol. The molecule has 0 saturated carbocycles. The molecule has 16 heteroatoms. The Balaban J connectivity index is 1.05. The van der Waals surface area contributed by atoms with Crippen LogP contribution in [-0.4, -0.2) is 106 Å². The first-order chi connectivity index (χ1) is 25.0. The number of aromatic amines is 1. The summed E-state index contributed by atoms with van der Waals surface area (Å²) in [6.07, 6.45) is 4.10. The van der Waals surface area contributed by atoms with Crippen molar-refractivity contribution in [1.82, 2.24) is 35.7 Å². The maximum atomic E-state index is 13.5. The first kappa shape index (κ1) is 37.1. The number of amidine groups is 1. The lowest BCUT2D eigenvalue weighted by molar-refractivity contribution is -0.135. The second kappa shape index (κ2) is 15.9. The minimum atomic E-state index is -0.686. The number of nitrogens with zero attached hydrogens (tertiary/aromatic N) is 4. The van der Waals surface area contributed by atoms with Gasteiger partial charge in [0.1, 0.15) is 33.9 Å². The topological polar surface area (TPSA) is 170 Å². The number of nitrogens with one attached hydrogen (secondary N) is 4. The minimum absolute atomic E-state index is 0.0197. The summed E-state index contributed by atoms with van der Waals surface area (Å²) in [5.41, 5.74) is 0.855. The number of aromatic nitrogens is 2. The van der Waals surface area contributed by atoms with Gasteiger partial charge in [0.25, 0.3) is 0 Å². The SMILES string of the molecule is COC(=O)N[C@H](C(=O)N1CCC[C@H]1c1nc2sc(C#CC#CC3=CC4NC([C@H]5CCCN5C(=O)[C@H](NC(=O)OC)C(C)C)=NC4S3)cc2[nH]1)C(C)C. The molecule has 0 aromatic carbocycles. The lowest BCUT2D eigenvalue weighted by Gasteiger charge is -2.31. The Bertz CT molecular complexity index is 1880. The Morgan fingerprint density at radius 1 is 0.904 bits per heavy atom. The van der Waals surface area contributed by atoms with Gasteiger partial charge in [-0.3, -0.25) is 14.6 Å². The van der Waals surface area contributed by atoms with Crippen LogP contribution in [-0.2, 0) is 19.1 Å². The zero-order valence-corrected chi connectivity index (χ0v) is 31.7. The maximum Gasteiger partial charge on any atom is 0.407 e. The average molecular weight is 749 g/mol. The molecule has 0 spiro atoms. The number of hydrogen-bond donors (Lipinski definition) is 4. The quantitative estimate of drug-likeness (QED) is 0.294. The summed E-state index contributed by atoms with van der Waals surface area (Å²) in [6.45, 7) is 8.79. The number of H-pyrrole nitrogens is 1. The van der Waals surface area contributed by atoms with E-state index in [1.165, 1.54) is 25.6 Å². The predicted molar refractivity (Wildman–Crippen MR) is 199 cm³/mol. The molecule has 2 aromatic rings. The molecule has 14 nitrogen and oxygen atoms in total. The van der Waals surface area contributed by atoms with E-state index in [0.717, 1.165) is 57.5 Å². The van der Waals surface area contributed by atoms with E-state index in [1.807, 2.05) is 38.7 Å². The van der Waals surface area contributed by atoms with E-state index in [2.05, 4.69) is 50.7 Å². The molecule has 52 heavy (non-hydrogen) atoms. The molecule has 2 unspecified atom stereocenters. The van der Waals surface area contributed by atoms with Crippen molar-refractivity contribution in [3.8, 4) is 23.7 Å². The molecule has 0 bridgehead atoms. The fourth-order valence-electron chi connectivity index (χ4n) is 6.93. The highest BCUT2D eigenvalue weighted by Gasteiger charge is 2.43. The van der Waals surface area contributed by atoms with Gasteiger partial charge < -0.3 is 40.2 Å². The second-order valence-corrected chi connectivity index (χ2v) is 16.0. The number of methoxy groups -OCH3 is 2. The molecular formula is C36H44N8O6S2. The number of hydrogen-bond acceptors (Lipinski definition) is 11. The highest BCUT2D eigenvalue weighted by molar-refractivity contribution is 8.04. The number of carbonyl (C=O) groups is 4. The van der Waals surface area contributed by atoms with Gasteiger partial charge in [-0.25, -0.2) is 14.6 Å². The van der Waals surface area contributed by atoms with E-state index in [0.29, 0.717) is 13.1 Å². The summed E-state index contributed by atoms with van der Waals surface area (Å²) < 4.78 is 9.47. The Labute approximate surface area is 311 Å². The largest absolute Gasteiger partial charge is 0.453 e. The van der Waals surface area contributed by atoms with Crippen LogP contribution in [0.25, 0.3) is 10.3 Å². The Morgan fingerprint density at radius 2 is 1.50 bits per heavy atom. The number of likely N-dealkylation sites (tertiary alicyclic amines) is 2. The minimum Gasteiger partial charge on any atom is -0.453 e. The third-order valence-electron chi connectivity index (χ3n) is 9.58. The summed E-state index contributed by atoms with van der Waals surface area (Å²) in [7, 11) is 2.57. The molecule has 2 fully saturated rings. The van der Waals surface area contributed by atoms with Crippen LogP contribution in [0.4, 0.5) is 9.59 Å². The number of allylic oxidation sites excluding steroid dienone is 1. The number of amides is 4. The van der Waals surface area contributed by atoms with Crippen molar-refractivity contribution in [1.29, 1.82) is 0 Å². The molecule has 2 aromatic heterocycles. The Hall–Kier alpha value is -4.67. The number of fused-ring (bicyclic) bond motifs is 2. The lowest BCUT2D eigenvalue weighted by atomic mass is 10.0. The highest BCUT2D eigenvalue weighted by atomic mass is 32.2. The van der Waals surface area contributed by atoms with Crippen LogP contribution in [0.2, 0.25) is 0 Å². The van der Waals surface area contributed by atoms with E-state index in [9.17, 15) is 19.2 Å². The molecule has 6 atom stereocenters. The summed E-state index contributed by atoms with van der Waals surface area (Å²) >= 11 is 3.04. The smallest absolute Gasteiger partial charge is 0.407 e. The molecule has 4 N–H and O–H groups in total. The molecule has 4 amide bonds. The van der Waals surface area contributed by atoms with Gasteiger partial charge in [-0.2, -0.15) is 0 Å². The number of rotatable bonds is 8. The van der Waals surface area contributed by atoms with Gasteiger partial charge in [-0.05, 0) is 73.3 Å². The van der Waals surface area contributed by atoms with Crippen LogP contribution >= 0.6 is 23.1 Å². The third-order valence-corrected chi connectivity index (χ3v) is 11.7. The number of carbonyl (C=O) groups excluding carboxylic acids is 4. The predicted octanol–water partition coefficient (Wildman–Crippen LogP) is 3.72. The van der Waals surface area contributed by atoms with Gasteiger partial charge in [0.15, 0.2) is 0 Å². The second-order valence-electron chi connectivity index (χ2n) is 13.8. The Morgan fingerprint density at radius 3 is 2.08 bits per heavy atom. The maximum absolute atomic E-state index is 13.5. The van der Waals surface area contributed by atoms with Crippen LogP contribution < -0.4 is 16.0 Å². The van der Waals surface area contributed by atoms with Crippen molar-refractivity contribution in [2.24, 2.45) is 16.8 Å². The zero-order chi connectivity index (χ0) is 37.1. The van der Waals surface area contributed by atoms with Gasteiger partial charge in [0.05, 0.1) is 47.6 Å². The number of ether oxygens (including phenoxy) is 2. The van der Waals surface area contributed by atoms with E-state index >= 15 is 0 Å². The first-order valence-corrected chi connectivity index (χ1v) is 19.2. The van der Waals surface area contributed by atoms with E-state index in [4.69, 9.17) is 19.5 Å². The van der Waals surface area contributed by atoms with E-state index in [-0.39, 0.29) is 47.1 Å². The van der Waals surface area contributed by atoms with Gasteiger partial charge in [-0.15, -0.1) is 11.3 Å². The molecule has 6 rings (SSSR count). The van der Waals surface area contributed by atoms with Crippen LogP contribution in [0.5, 0.6) is 0 Å². The molecule has 4 aliphatic rings. The summed E-state index contributed by atoms with van der Waals surface area (Å²) in [5, 5.41) is 8.80. The lowest BCUT2D eigenvalue weighted by Crippen LogP contribution is -2.55. The normalized spacial score (nSPS) is 23.2. The van der Waals surface area contributed by atoms with Crippen molar-refractivity contribution in [2.75, 3.05) is 27.3 Å². The van der Waals surface area contributed by atoms with Crippen molar-refractivity contribution < 1.29 is 28.7 Å². The molecular weight excluding hydrogens is 705 g/mol. The molecule has 2 saturated heterocycles. The summed E-state index contributed by atoms with van der Waals surface area (Å²) in [6, 6.07) is 0.199. The van der Waals surface area contributed by atoms with Gasteiger partial charge in [0.2, 0.25) is 11.8 Å². The average Bonchev–Trinajstić information content (AvgIpc) is 3.95. The molecule has 276 valence electrons. The van der Waals surface area contributed by atoms with Crippen LogP contribution in [0.1, 0.15) is 70.1 Å². The third kappa shape index (κ3) is 7.88. The standard InChI is InChI=1S/C36H44N8O6S2/c1-19(2)27(39-35(47)49-5)33(45)43-15-9-13-25(43)29-37-23-17-21(51-31(23)41-29)11-7-8-12-22-18-24-32(52-22)42-30(38-24)26-14-10-16-44(26)34(46)28(20(3)4)40-36(48)50-6/h17-20,23,25-28,31H,9-10,13-16H2,1-6H3,(H,37,41)(H,38,42)(H,39,47)(H,40,48)/t23?,25-,26+,27-,28+,31?/m1/s1. The molecule has 4 aliphatic heterocycles. The van der Waals surface area contributed by atoms with Crippen LogP contribution in [0.3, 0.4) is 0 Å². The Kier molecular flexibility index (Phi) is 11.4. The number of thioether (sulfide) groups is 1. The van der Waals surface area contributed by atoms with E-state index in [1.54, 1.807) is 16.7 Å².